The zero-order chi connectivity index (χ0) is 9.42. The van der Waals surface area contributed by atoms with Gasteiger partial charge in [-0.15, -0.1) is 0 Å². The Morgan fingerprint density at radius 2 is 2.38 bits per heavy atom. The predicted molar refractivity (Wildman–Crippen MR) is 59.2 cm³/mol. The maximum absolute atomic E-state index is 9.40. The molecule has 70 valence electrons. The van der Waals surface area contributed by atoms with Crippen LogP contribution in [-0.4, -0.2) is 33.2 Å². The van der Waals surface area contributed by atoms with Crippen LogP contribution >= 0.6 is 22.6 Å². The summed E-state index contributed by atoms with van der Waals surface area (Å²) < 4.78 is 3.04. The van der Waals surface area contributed by atoms with Crippen molar-refractivity contribution >= 4 is 29.6 Å². The van der Waals surface area contributed by atoms with Crippen molar-refractivity contribution in [3.63, 3.8) is 0 Å². The van der Waals surface area contributed by atoms with Gasteiger partial charge in [-0.1, -0.05) is 0 Å². The van der Waals surface area contributed by atoms with Crippen LogP contribution in [0.1, 0.15) is 5.69 Å². The molecule has 0 aliphatic carbocycles. The fraction of sp³-hybridized carbons (Fsp3) is 0.571. The average molecular weight is 291 g/mol. The zero-order valence-electron chi connectivity index (χ0n) is 7.44. The van der Waals surface area contributed by atoms with Crippen molar-refractivity contribution < 1.29 is 5.02 Å². The van der Waals surface area contributed by atoms with Gasteiger partial charge >= 0.3 is 7.05 Å². The largest absolute Gasteiger partial charge is 0.437 e. The van der Waals surface area contributed by atoms with Gasteiger partial charge in [0.2, 0.25) is 0 Å². The van der Waals surface area contributed by atoms with Gasteiger partial charge in [-0.3, -0.25) is 4.68 Å². The Kier molecular flexibility index (Phi) is 2.61. The van der Waals surface area contributed by atoms with Gasteiger partial charge in [0.1, 0.15) is 3.70 Å². The molecule has 1 aliphatic heterocycles. The highest BCUT2D eigenvalue weighted by atomic mass is 127. The summed E-state index contributed by atoms with van der Waals surface area (Å²) in [6, 6.07) is 2.06. The Morgan fingerprint density at radius 3 is 3.08 bits per heavy atom. The second-order valence-electron chi connectivity index (χ2n) is 3.28. The molecule has 0 saturated heterocycles. The van der Waals surface area contributed by atoms with Gasteiger partial charge in [0.25, 0.3) is 0 Å². The molecule has 0 amide bonds. The SMILES string of the molecule is CB(O)N1CCn2nc(I)cc2C1. The molecule has 1 aromatic rings. The van der Waals surface area contributed by atoms with E-state index in [1.54, 1.807) is 6.82 Å². The smallest absolute Gasteiger partial charge is 0.376 e. The Hall–Kier alpha value is -0.0751. The molecule has 2 rings (SSSR count). The van der Waals surface area contributed by atoms with Crippen molar-refractivity contribution in [2.75, 3.05) is 6.54 Å². The molecule has 0 fully saturated rings. The van der Waals surface area contributed by atoms with Crippen LogP contribution in [0.15, 0.2) is 6.07 Å². The third kappa shape index (κ3) is 1.89. The third-order valence-electron chi connectivity index (χ3n) is 2.33. The van der Waals surface area contributed by atoms with E-state index in [4.69, 9.17) is 0 Å². The van der Waals surface area contributed by atoms with Gasteiger partial charge in [0, 0.05) is 13.1 Å². The third-order valence-corrected chi connectivity index (χ3v) is 2.85. The number of aromatic nitrogens is 2. The number of hydrogen-bond acceptors (Lipinski definition) is 3. The van der Waals surface area contributed by atoms with E-state index < -0.39 is 0 Å². The fourth-order valence-electron chi connectivity index (χ4n) is 1.57. The number of fused-ring (bicyclic) bond motifs is 1. The van der Waals surface area contributed by atoms with Crippen molar-refractivity contribution in [3.8, 4) is 0 Å². The Labute approximate surface area is 91.2 Å². The van der Waals surface area contributed by atoms with Crippen LogP contribution in [-0.2, 0) is 13.1 Å². The van der Waals surface area contributed by atoms with E-state index in [0.29, 0.717) is 0 Å². The van der Waals surface area contributed by atoms with Crippen LogP contribution in [0.25, 0.3) is 0 Å². The first-order chi connectivity index (χ1) is 6.16. The summed E-state index contributed by atoms with van der Waals surface area (Å²) in [6.45, 7) is 4.36. The van der Waals surface area contributed by atoms with E-state index in [1.807, 2.05) is 9.49 Å². The summed E-state index contributed by atoms with van der Waals surface area (Å²) in [7, 11) is -0.360. The first-order valence-corrected chi connectivity index (χ1v) is 5.39. The lowest BCUT2D eigenvalue weighted by atomic mass is 9.84. The number of halogens is 1. The molecule has 0 radical (unpaired) electrons. The molecule has 0 atom stereocenters. The summed E-state index contributed by atoms with van der Waals surface area (Å²) in [5, 5.41) is 13.7. The first kappa shape index (κ1) is 9.48. The van der Waals surface area contributed by atoms with Gasteiger partial charge in [-0.2, -0.15) is 5.10 Å². The van der Waals surface area contributed by atoms with Crippen LogP contribution in [0.5, 0.6) is 0 Å². The maximum Gasteiger partial charge on any atom is 0.376 e. The zero-order valence-corrected chi connectivity index (χ0v) is 9.60. The molecule has 0 aromatic carbocycles. The van der Waals surface area contributed by atoms with E-state index in [1.165, 1.54) is 5.69 Å². The lowest BCUT2D eigenvalue weighted by Gasteiger charge is -2.27. The minimum Gasteiger partial charge on any atom is -0.437 e. The Balaban J connectivity index is 2.19. The molecule has 1 N–H and O–H groups in total. The molecular weight excluding hydrogens is 280 g/mol. The molecule has 13 heavy (non-hydrogen) atoms. The summed E-state index contributed by atoms with van der Waals surface area (Å²) in [5.74, 6) is 0. The highest BCUT2D eigenvalue weighted by molar-refractivity contribution is 14.1. The summed E-state index contributed by atoms with van der Waals surface area (Å²) in [5.41, 5.74) is 1.19. The minimum atomic E-state index is -0.360. The molecule has 2 heterocycles. The number of rotatable bonds is 1. The van der Waals surface area contributed by atoms with Crippen molar-refractivity contribution in [2.45, 2.75) is 19.9 Å². The Bertz CT molecular complexity index is 315. The number of nitrogens with zero attached hydrogens (tertiary/aromatic N) is 3. The summed E-state index contributed by atoms with van der Waals surface area (Å²) in [4.78, 5) is 2.03. The van der Waals surface area contributed by atoms with Gasteiger partial charge in [-0.05, 0) is 35.5 Å². The van der Waals surface area contributed by atoms with E-state index in [9.17, 15) is 5.02 Å². The monoisotopic (exact) mass is 291 g/mol. The second kappa shape index (κ2) is 3.59. The first-order valence-electron chi connectivity index (χ1n) is 4.31. The lowest BCUT2D eigenvalue weighted by molar-refractivity contribution is 0.294. The molecule has 0 bridgehead atoms. The molecule has 0 saturated carbocycles. The van der Waals surface area contributed by atoms with Gasteiger partial charge in [-0.25, -0.2) is 0 Å². The van der Waals surface area contributed by atoms with E-state index in [2.05, 4.69) is 33.8 Å². The van der Waals surface area contributed by atoms with Gasteiger partial charge in [0.15, 0.2) is 0 Å². The molecule has 1 aliphatic rings. The molecule has 4 nitrogen and oxygen atoms in total. The summed E-state index contributed by atoms with van der Waals surface area (Å²) >= 11 is 2.21. The van der Waals surface area contributed by atoms with Gasteiger partial charge in [0.05, 0.1) is 12.2 Å². The topological polar surface area (TPSA) is 41.3 Å². The van der Waals surface area contributed by atoms with E-state index in [-0.39, 0.29) is 7.05 Å². The average Bonchev–Trinajstić information content (AvgIpc) is 2.42. The van der Waals surface area contributed by atoms with Crippen LogP contribution in [0.2, 0.25) is 6.82 Å². The lowest BCUT2D eigenvalue weighted by Crippen LogP contribution is -2.42. The standard InChI is InChI=1S/C7H11BIN3O/c1-8(13)11-2-3-12-6(5-11)4-7(9)10-12/h4,13H,2-3,5H2,1H3. The molecular formula is C7H11BIN3O. The van der Waals surface area contributed by atoms with Crippen molar-refractivity contribution in [3.05, 3.63) is 15.5 Å². The molecule has 0 spiro atoms. The fourth-order valence-corrected chi connectivity index (χ4v) is 2.19. The maximum atomic E-state index is 9.40. The van der Waals surface area contributed by atoms with Crippen molar-refractivity contribution in [1.82, 2.24) is 14.6 Å². The predicted octanol–water partition coefficient (Wildman–Crippen LogP) is 0.414. The summed E-state index contributed by atoms with van der Waals surface area (Å²) in [6.07, 6.45) is 0. The van der Waals surface area contributed by atoms with Crippen LogP contribution in [0.3, 0.4) is 0 Å². The second-order valence-corrected chi connectivity index (χ2v) is 4.39. The van der Waals surface area contributed by atoms with Crippen molar-refractivity contribution in [2.24, 2.45) is 0 Å². The van der Waals surface area contributed by atoms with Crippen LogP contribution < -0.4 is 0 Å². The van der Waals surface area contributed by atoms with Crippen LogP contribution in [0, 0.1) is 3.70 Å². The van der Waals surface area contributed by atoms with Crippen molar-refractivity contribution in [1.29, 1.82) is 0 Å². The van der Waals surface area contributed by atoms with Crippen LogP contribution in [0.4, 0.5) is 0 Å². The highest BCUT2D eigenvalue weighted by Crippen LogP contribution is 2.14. The highest BCUT2D eigenvalue weighted by Gasteiger charge is 2.22. The minimum absolute atomic E-state index is 0.360. The molecule has 0 unspecified atom stereocenters. The molecule has 6 heteroatoms. The van der Waals surface area contributed by atoms with E-state index in [0.717, 1.165) is 23.3 Å². The quantitative estimate of drug-likeness (QED) is 0.602. The molecule has 1 aromatic heterocycles. The van der Waals surface area contributed by atoms with E-state index >= 15 is 0 Å². The normalized spacial score (nSPS) is 17.2. The van der Waals surface area contributed by atoms with Gasteiger partial charge < -0.3 is 9.83 Å². The number of hydrogen-bond donors (Lipinski definition) is 1. The Morgan fingerprint density at radius 1 is 1.62 bits per heavy atom.